The van der Waals surface area contributed by atoms with Gasteiger partial charge >= 0.3 is 0 Å². The van der Waals surface area contributed by atoms with Gasteiger partial charge in [-0.25, -0.2) is 8.42 Å². The molecule has 1 fully saturated rings. The minimum Gasteiger partial charge on any atom is -0.392 e. The summed E-state index contributed by atoms with van der Waals surface area (Å²) in [7, 11) is -2.73. The van der Waals surface area contributed by atoms with Crippen LogP contribution in [-0.2, 0) is 9.84 Å². The lowest BCUT2D eigenvalue weighted by Crippen LogP contribution is -2.27. The molecule has 0 aromatic carbocycles. The number of aliphatic hydroxyl groups is 1. The molecule has 0 unspecified atom stereocenters. The molecule has 1 aliphatic rings. The van der Waals surface area contributed by atoms with Crippen LogP contribution in [0.2, 0.25) is 0 Å². The fraction of sp³-hybridized carbons (Fsp3) is 0.600. The zero-order chi connectivity index (χ0) is 6.91. The quantitative estimate of drug-likeness (QED) is 0.502. The van der Waals surface area contributed by atoms with E-state index in [1.54, 1.807) is 6.08 Å². The Balaban J connectivity index is 2.54. The van der Waals surface area contributed by atoms with E-state index in [2.05, 4.69) is 0 Å². The van der Waals surface area contributed by atoms with Crippen LogP contribution in [0, 0.1) is 0 Å². The van der Waals surface area contributed by atoms with E-state index >= 15 is 0 Å². The van der Waals surface area contributed by atoms with Crippen molar-refractivity contribution in [3.8, 4) is 0 Å². The van der Waals surface area contributed by atoms with E-state index in [4.69, 9.17) is 5.11 Å². The molecule has 1 rings (SSSR count). The van der Waals surface area contributed by atoms with Crippen molar-refractivity contribution in [1.82, 2.24) is 0 Å². The van der Waals surface area contributed by atoms with E-state index in [1.807, 2.05) is 0 Å². The first-order valence-corrected chi connectivity index (χ1v) is 4.45. The smallest absolute Gasteiger partial charge is 0.157 e. The fourth-order valence-electron chi connectivity index (χ4n) is 0.770. The van der Waals surface area contributed by atoms with Crippen LogP contribution in [0.4, 0.5) is 0 Å². The van der Waals surface area contributed by atoms with Crippen LogP contribution in [0.3, 0.4) is 0 Å². The molecule has 4 heteroatoms. The number of rotatable bonds is 1. The van der Waals surface area contributed by atoms with Gasteiger partial charge in [-0.3, -0.25) is 0 Å². The maximum absolute atomic E-state index is 10.4. The first-order chi connectivity index (χ1) is 4.14. The lowest BCUT2D eigenvalue weighted by atomic mass is 10.3. The fourth-order valence-corrected chi connectivity index (χ4v) is 2.05. The highest BCUT2D eigenvalue weighted by atomic mass is 32.2. The van der Waals surface area contributed by atoms with Gasteiger partial charge in [0.05, 0.1) is 18.1 Å². The SMILES string of the molecule is O=S1(=O)CC(=CCO)C1. The predicted molar refractivity (Wildman–Crippen MR) is 33.8 cm³/mol. The van der Waals surface area contributed by atoms with Crippen LogP contribution in [0.25, 0.3) is 0 Å². The van der Waals surface area contributed by atoms with Crippen LogP contribution in [0.5, 0.6) is 0 Å². The van der Waals surface area contributed by atoms with Gasteiger partial charge in [0.2, 0.25) is 0 Å². The monoisotopic (exact) mass is 148 g/mol. The summed E-state index contributed by atoms with van der Waals surface area (Å²) in [4.78, 5) is 0. The molecule has 1 aliphatic heterocycles. The highest BCUT2D eigenvalue weighted by molar-refractivity contribution is 7.93. The summed E-state index contributed by atoms with van der Waals surface area (Å²) in [6.45, 7) is -0.0507. The van der Waals surface area contributed by atoms with E-state index in [0.717, 1.165) is 5.57 Å². The average Bonchev–Trinajstić information content (AvgIpc) is 1.62. The van der Waals surface area contributed by atoms with Gasteiger partial charge in [-0.05, 0) is 5.57 Å². The van der Waals surface area contributed by atoms with Gasteiger partial charge in [0, 0.05) is 0 Å². The standard InChI is InChI=1S/C5H8O3S/c6-2-1-5-3-9(7,8)4-5/h1,6H,2-4H2. The molecule has 9 heavy (non-hydrogen) atoms. The molecular formula is C5H8O3S. The molecule has 0 radical (unpaired) electrons. The number of aliphatic hydroxyl groups excluding tert-OH is 1. The van der Waals surface area contributed by atoms with E-state index < -0.39 is 9.84 Å². The molecular weight excluding hydrogens is 140 g/mol. The van der Waals surface area contributed by atoms with Crippen molar-refractivity contribution in [2.24, 2.45) is 0 Å². The minimum atomic E-state index is -2.73. The topological polar surface area (TPSA) is 54.4 Å². The lowest BCUT2D eigenvalue weighted by Gasteiger charge is -2.16. The second kappa shape index (κ2) is 2.11. The molecule has 0 saturated carbocycles. The first-order valence-electron chi connectivity index (χ1n) is 2.63. The third kappa shape index (κ3) is 1.53. The molecule has 1 heterocycles. The van der Waals surface area contributed by atoms with Crippen molar-refractivity contribution >= 4 is 9.84 Å². The zero-order valence-corrected chi connectivity index (χ0v) is 5.69. The van der Waals surface area contributed by atoms with Gasteiger partial charge in [-0.2, -0.15) is 0 Å². The Morgan fingerprint density at radius 3 is 2.44 bits per heavy atom. The van der Waals surface area contributed by atoms with E-state index in [0.29, 0.717) is 0 Å². The zero-order valence-electron chi connectivity index (χ0n) is 4.87. The highest BCUT2D eigenvalue weighted by Crippen LogP contribution is 2.15. The molecule has 52 valence electrons. The summed E-state index contributed by atoms with van der Waals surface area (Å²) in [5, 5.41) is 8.30. The Morgan fingerprint density at radius 1 is 1.56 bits per heavy atom. The van der Waals surface area contributed by atoms with Gasteiger partial charge in [0.1, 0.15) is 0 Å². The summed E-state index contributed by atoms with van der Waals surface area (Å²) < 4.78 is 20.9. The van der Waals surface area contributed by atoms with Crippen LogP contribution in [0.1, 0.15) is 0 Å². The molecule has 0 aliphatic carbocycles. The highest BCUT2D eigenvalue weighted by Gasteiger charge is 2.25. The lowest BCUT2D eigenvalue weighted by molar-refractivity contribution is 0.341. The van der Waals surface area contributed by atoms with Crippen molar-refractivity contribution < 1.29 is 13.5 Å². The van der Waals surface area contributed by atoms with Gasteiger partial charge in [-0.15, -0.1) is 0 Å². The molecule has 0 spiro atoms. The third-order valence-corrected chi connectivity index (χ3v) is 2.81. The van der Waals surface area contributed by atoms with E-state index in [9.17, 15) is 8.42 Å². The molecule has 3 nitrogen and oxygen atoms in total. The Morgan fingerprint density at radius 2 is 2.11 bits per heavy atom. The Bertz CT molecular complexity index is 211. The number of hydrogen-bond acceptors (Lipinski definition) is 3. The largest absolute Gasteiger partial charge is 0.392 e. The molecule has 1 N–H and O–H groups in total. The van der Waals surface area contributed by atoms with Gasteiger partial charge in [0.15, 0.2) is 9.84 Å². The maximum Gasteiger partial charge on any atom is 0.157 e. The van der Waals surface area contributed by atoms with Crippen molar-refractivity contribution in [3.63, 3.8) is 0 Å². The summed E-state index contributed by atoms with van der Waals surface area (Å²) in [5.74, 6) is 0.293. The predicted octanol–water partition coefficient (Wildman–Crippen LogP) is -0.666. The summed E-state index contributed by atoms with van der Waals surface area (Å²) in [6.07, 6.45) is 1.54. The van der Waals surface area contributed by atoms with Crippen molar-refractivity contribution in [3.05, 3.63) is 11.6 Å². The van der Waals surface area contributed by atoms with Crippen LogP contribution in [-0.4, -0.2) is 31.6 Å². The summed E-state index contributed by atoms with van der Waals surface area (Å²) in [5.41, 5.74) is 0.831. The maximum atomic E-state index is 10.4. The summed E-state index contributed by atoms with van der Waals surface area (Å²) in [6, 6.07) is 0. The molecule has 0 amide bonds. The Labute approximate surface area is 53.9 Å². The third-order valence-electron chi connectivity index (χ3n) is 1.19. The van der Waals surface area contributed by atoms with E-state index in [-0.39, 0.29) is 18.1 Å². The van der Waals surface area contributed by atoms with Crippen LogP contribution < -0.4 is 0 Å². The van der Waals surface area contributed by atoms with Crippen LogP contribution >= 0.6 is 0 Å². The van der Waals surface area contributed by atoms with Gasteiger partial charge < -0.3 is 5.11 Å². The van der Waals surface area contributed by atoms with Gasteiger partial charge in [0.25, 0.3) is 0 Å². The van der Waals surface area contributed by atoms with E-state index in [1.165, 1.54) is 0 Å². The van der Waals surface area contributed by atoms with Gasteiger partial charge in [-0.1, -0.05) is 6.08 Å². The molecule has 0 bridgehead atoms. The van der Waals surface area contributed by atoms with Crippen molar-refractivity contribution in [2.45, 2.75) is 0 Å². The number of hydrogen-bond donors (Lipinski definition) is 1. The summed E-state index contributed by atoms with van der Waals surface area (Å²) >= 11 is 0. The van der Waals surface area contributed by atoms with Crippen LogP contribution in [0.15, 0.2) is 11.6 Å². The number of sulfone groups is 1. The normalized spacial score (nSPS) is 23.0. The second-order valence-electron chi connectivity index (χ2n) is 2.08. The first kappa shape index (κ1) is 6.77. The Hall–Kier alpha value is -0.350. The molecule has 0 aromatic heterocycles. The van der Waals surface area contributed by atoms with Crippen molar-refractivity contribution in [1.29, 1.82) is 0 Å². The molecule has 1 saturated heterocycles. The molecule has 0 atom stereocenters. The molecule has 0 aromatic rings. The minimum absolute atomic E-state index is 0.0507. The van der Waals surface area contributed by atoms with Crippen molar-refractivity contribution in [2.75, 3.05) is 18.1 Å². The average molecular weight is 148 g/mol. The second-order valence-corrected chi connectivity index (χ2v) is 4.14. The Kier molecular flexibility index (Phi) is 1.59.